The zero-order valence-electron chi connectivity index (χ0n) is 15.9. The van der Waals surface area contributed by atoms with Crippen LogP contribution in [0.25, 0.3) is 11.0 Å². The van der Waals surface area contributed by atoms with Crippen molar-refractivity contribution < 1.29 is 5.11 Å². The number of likely N-dealkylation sites (tertiary alicyclic amines) is 1. The Kier molecular flexibility index (Phi) is 4.06. The summed E-state index contributed by atoms with van der Waals surface area (Å²) in [7, 11) is 0. The highest BCUT2D eigenvalue weighted by Gasteiger charge is 2.52. The maximum Gasteiger partial charge on any atom is 0.104 e. The number of para-hydroxylation sites is 1. The zero-order valence-corrected chi connectivity index (χ0v) is 15.9. The zero-order chi connectivity index (χ0) is 18.4. The van der Waals surface area contributed by atoms with Crippen LogP contribution in [0.2, 0.25) is 0 Å². The molecule has 1 saturated carbocycles. The number of aliphatic hydroxyl groups is 1. The average Bonchev–Trinajstić information content (AvgIpc) is 3.03. The summed E-state index contributed by atoms with van der Waals surface area (Å²) in [4.78, 5) is 10.6. The van der Waals surface area contributed by atoms with Gasteiger partial charge < -0.3 is 10.1 Å². The fourth-order valence-corrected chi connectivity index (χ4v) is 5.43. The first-order valence-electron chi connectivity index (χ1n) is 10.1. The quantitative estimate of drug-likeness (QED) is 0.742. The number of benzene rings is 2. The molecule has 2 N–H and O–H groups in total. The molecule has 1 aliphatic heterocycles. The molecule has 4 heteroatoms. The number of piperidine rings is 1. The minimum absolute atomic E-state index is 0.260. The Morgan fingerprint density at radius 3 is 2.56 bits per heavy atom. The fourth-order valence-electron chi connectivity index (χ4n) is 5.43. The fraction of sp³-hybridized carbons (Fsp3) is 0.435. The van der Waals surface area contributed by atoms with Crippen molar-refractivity contribution in [2.45, 2.75) is 38.3 Å². The number of imidazole rings is 1. The molecule has 2 atom stereocenters. The number of fused-ring (bicyclic) bond motifs is 3. The van der Waals surface area contributed by atoms with E-state index in [1.807, 2.05) is 6.92 Å². The summed E-state index contributed by atoms with van der Waals surface area (Å²) in [6, 6.07) is 16.9. The Morgan fingerprint density at radius 1 is 1.07 bits per heavy atom. The Morgan fingerprint density at radius 2 is 1.81 bits per heavy atom. The van der Waals surface area contributed by atoms with E-state index in [4.69, 9.17) is 4.98 Å². The normalized spacial score (nSPS) is 28.5. The first kappa shape index (κ1) is 17.0. The molecule has 5 rings (SSSR count). The molecule has 0 amide bonds. The number of aromatic nitrogens is 2. The van der Waals surface area contributed by atoms with E-state index in [0.29, 0.717) is 0 Å². The second-order valence-corrected chi connectivity index (χ2v) is 8.35. The maximum absolute atomic E-state index is 12.0. The van der Waals surface area contributed by atoms with E-state index in [1.165, 1.54) is 12.0 Å². The standard InChI is InChI=1S/C23H27N3O/c1-16-24-21-12-6-11-20(22(21)25-16)23(27)18-9-5-10-19(23)15-26(14-18)13-17-7-3-2-4-8-17/h2-4,6-8,11-12,18-19,27H,5,9-10,13-15H2,1H3,(H,24,25). The Balaban J connectivity index is 1.50. The lowest BCUT2D eigenvalue weighted by molar-refractivity contribution is -0.147. The van der Waals surface area contributed by atoms with Crippen LogP contribution in [0.3, 0.4) is 0 Å². The molecule has 4 nitrogen and oxygen atoms in total. The summed E-state index contributed by atoms with van der Waals surface area (Å²) in [6.45, 7) is 4.84. The topological polar surface area (TPSA) is 52.2 Å². The van der Waals surface area contributed by atoms with E-state index in [-0.39, 0.29) is 11.8 Å². The number of nitrogens with one attached hydrogen (secondary N) is 1. The molecule has 2 heterocycles. The third-order valence-corrected chi connectivity index (χ3v) is 6.62. The predicted molar refractivity (Wildman–Crippen MR) is 107 cm³/mol. The molecule has 2 bridgehead atoms. The third kappa shape index (κ3) is 2.79. The molecule has 1 aliphatic carbocycles. The van der Waals surface area contributed by atoms with Crippen LogP contribution in [0.4, 0.5) is 0 Å². The monoisotopic (exact) mass is 361 g/mol. The minimum Gasteiger partial charge on any atom is -0.384 e. The van der Waals surface area contributed by atoms with Gasteiger partial charge in [-0.25, -0.2) is 4.98 Å². The van der Waals surface area contributed by atoms with E-state index < -0.39 is 5.60 Å². The molecule has 27 heavy (non-hydrogen) atoms. The van der Waals surface area contributed by atoms with Gasteiger partial charge in [-0.05, 0) is 31.4 Å². The molecule has 0 radical (unpaired) electrons. The van der Waals surface area contributed by atoms with Crippen LogP contribution < -0.4 is 0 Å². The molecular weight excluding hydrogens is 334 g/mol. The van der Waals surface area contributed by atoms with Crippen LogP contribution in [-0.2, 0) is 12.1 Å². The third-order valence-electron chi connectivity index (χ3n) is 6.62. The maximum atomic E-state index is 12.0. The largest absolute Gasteiger partial charge is 0.384 e. The van der Waals surface area contributed by atoms with Crippen molar-refractivity contribution in [3.63, 3.8) is 0 Å². The Labute approximate surface area is 160 Å². The van der Waals surface area contributed by atoms with Gasteiger partial charge in [-0.15, -0.1) is 0 Å². The van der Waals surface area contributed by atoms with Gasteiger partial charge in [-0.1, -0.05) is 48.9 Å². The van der Waals surface area contributed by atoms with Gasteiger partial charge in [-0.2, -0.15) is 0 Å². The van der Waals surface area contributed by atoms with Gasteiger partial charge in [0.1, 0.15) is 5.82 Å². The molecule has 2 aromatic carbocycles. The van der Waals surface area contributed by atoms with Crippen molar-refractivity contribution in [2.24, 2.45) is 11.8 Å². The number of aryl methyl sites for hydroxylation is 1. The van der Waals surface area contributed by atoms with Crippen molar-refractivity contribution in [1.29, 1.82) is 0 Å². The number of nitrogens with zero attached hydrogens (tertiary/aromatic N) is 2. The van der Waals surface area contributed by atoms with Gasteiger partial charge in [-0.3, -0.25) is 4.90 Å². The average molecular weight is 361 g/mol. The van der Waals surface area contributed by atoms with Crippen LogP contribution in [0, 0.1) is 18.8 Å². The number of hydrogen-bond acceptors (Lipinski definition) is 3. The van der Waals surface area contributed by atoms with E-state index in [0.717, 1.165) is 54.9 Å². The molecule has 2 aliphatic rings. The minimum atomic E-state index is -0.771. The highest BCUT2D eigenvalue weighted by molar-refractivity contribution is 5.80. The van der Waals surface area contributed by atoms with Crippen LogP contribution in [0.1, 0.15) is 36.2 Å². The van der Waals surface area contributed by atoms with Gasteiger partial charge in [0.15, 0.2) is 0 Å². The molecule has 1 aromatic heterocycles. The second-order valence-electron chi connectivity index (χ2n) is 8.35. The summed E-state index contributed by atoms with van der Waals surface area (Å²) in [5.74, 6) is 1.43. The van der Waals surface area contributed by atoms with Crippen LogP contribution in [0.15, 0.2) is 48.5 Å². The molecule has 140 valence electrons. The lowest BCUT2D eigenvalue weighted by Gasteiger charge is -2.53. The predicted octanol–water partition coefficient (Wildman–Crippen LogP) is 3.99. The van der Waals surface area contributed by atoms with Gasteiger partial charge in [0.2, 0.25) is 0 Å². The highest BCUT2D eigenvalue weighted by atomic mass is 16.3. The van der Waals surface area contributed by atoms with Gasteiger partial charge in [0.25, 0.3) is 0 Å². The van der Waals surface area contributed by atoms with E-state index in [2.05, 4.69) is 58.4 Å². The first-order chi connectivity index (χ1) is 13.1. The van der Waals surface area contributed by atoms with Crippen LogP contribution in [-0.4, -0.2) is 33.1 Å². The van der Waals surface area contributed by atoms with Gasteiger partial charge in [0.05, 0.1) is 16.6 Å². The molecule has 3 aromatic rings. The van der Waals surface area contributed by atoms with E-state index in [9.17, 15) is 5.11 Å². The molecular formula is C23H27N3O. The second kappa shape index (κ2) is 6.47. The van der Waals surface area contributed by atoms with Gasteiger partial charge >= 0.3 is 0 Å². The number of aromatic amines is 1. The van der Waals surface area contributed by atoms with Crippen molar-refractivity contribution in [3.8, 4) is 0 Å². The van der Waals surface area contributed by atoms with Crippen LogP contribution >= 0.6 is 0 Å². The number of H-pyrrole nitrogens is 1. The lowest BCUT2D eigenvalue weighted by Crippen LogP contribution is -2.57. The summed E-state index contributed by atoms with van der Waals surface area (Å²) in [6.07, 6.45) is 3.38. The van der Waals surface area contributed by atoms with Crippen molar-refractivity contribution >= 4 is 11.0 Å². The molecule has 1 saturated heterocycles. The molecule has 2 fully saturated rings. The molecule has 0 spiro atoms. The Hall–Kier alpha value is -2.17. The highest BCUT2D eigenvalue weighted by Crippen LogP contribution is 2.50. The van der Waals surface area contributed by atoms with Crippen molar-refractivity contribution in [1.82, 2.24) is 14.9 Å². The SMILES string of the molecule is Cc1nc2c(C3(O)C4CCCC3CN(Cc3ccccc3)C4)cccc2[nH]1. The number of rotatable bonds is 3. The summed E-state index contributed by atoms with van der Waals surface area (Å²) < 4.78 is 0. The van der Waals surface area contributed by atoms with Crippen LogP contribution in [0.5, 0.6) is 0 Å². The van der Waals surface area contributed by atoms with Gasteiger partial charge in [0, 0.05) is 37.0 Å². The Bertz CT molecular complexity index is 935. The summed E-state index contributed by atoms with van der Waals surface area (Å²) in [5, 5.41) is 12.0. The van der Waals surface area contributed by atoms with Crippen molar-refractivity contribution in [2.75, 3.05) is 13.1 Å². The smallest absolute Gasteiger partial charge is 0.104 e. The van der Waals surface area contributed by atoms with E-state index >= 15 is 0 Å². The van der Waals surface area contributed by atoms with Crippen molar-refractivity contribution in [3.05, 3.63) is 65.5 Å². The van der Waals surface area contributed by atoms with E-state index in [1.54, 1.807) is 0 Å². The lowest BCUT2D eigenvalue weighted by atomic mass is 9.62. The first-order valence-corrected chi connectivity index (χ1v) is 10.1. The summed E-state index contributed by atoms with van der Waals surface area (Å²) in [5.41, 5.74) is 3.59. The number of hydrogen-bond donors (Lipinski definition) is 2. The summed E-state index contributed by atoms with van der Waals surface area (Å²) >= 11 is 0. The molecule has 2 unspecified atom stereocenters.